The second kappa shape index (κ2) is 10.6. The Hall–Kier alpha value is -3.36. The number of halogens is 1. The van der Waals surface area contributed by atoms with E-state index < -0.39 is 29.6 Å². The molecule has 2 aromatic carbocycles. The van der Waals surface area contributed by atoms with Gasteiger partial charge in [-0.2, -0.15) is 0 Å². The van der Waals surface area contributed by atoms with Gasteiger partial charge in [0.25, 0.3) is 0 Å². The highest BCUT2D eigenvalue weighted by molar-refractivity contribution is 6.31. The van der Waals surface area contributed by atoms with Gasteiger partial charge in [-0.25, -0.2) is 0 Å². The smallest absolute Gasteiger partial charge is 0.246 e. The first-order valence-electron chi connectivity index (χ1n) is 14.0. The Bertz CT molecular complexity index is 1360. The topological polar surface area (TPSA) is 97.0 Å². The molecule has 2 aromatic rings. The van der Waals surface area contributed by atoms with E-state index in [2.05, 4.69) is 10.6 Å². The van der Waals surface area contributed by atoms with Crippen molar-refractivity contribution in [2.75, 3.05) is 12.4 Å². The lowest BCUT2D eigenvalue weighted by atomic mass is 9.74. The second-order valence-corrected chi connectivity index (χ2v) is 11.7. The van der Waals surface area contributed by atoms with Gasteiger partial charge < -0.3 is 25.0 Å². The highest BCUT2D eigenvalue weighted by atomic mass is 35.5. The Kier molecular flexibility index (Phi) is 7.09. The Morgan fingerprint density at radius 2 is 1.85 bits per heavy atom. The molecule has 5 atom stereocenters. The van der Waals surface area contributed by atoms with Crippen molar-refractivity contribution in [3.8, 4) is 5.75 Å². The molecule has 9 heteroatoms. The lowest BCUT2D eigenvalue weighted by Gasteiger charge is -2.34. The Morgan fingerprint density at radius 1 is 1.10 bits per heavy atom. The quantitative estimate of drug-likeness (QED) is 0.487. The second-order valence-electron chi connectivity index (χ2n) is 11.3. The molecule has 3 heterocycles. The fraction of sp³-hybridized carbons (Fsp3) is 0.452. The molecular weight excluding hydrogens is 530 g/mol. The summed E-state index contributed by atoms with van der Waals surface area (Å²) in [5, 5.41) is 6.69. The monoisotopic (exact) mass is 563 g/mol. The molecule has 3 amide bonds. The Labute approximate surface area is 239 Å². The number of methoxy groups -OCH3 is 1. The molecule has 3 aliphatic heterocycles. The van der Waals surface area contributed by atoms with E-state index in [9.17, 15) is 14.4 Å². The van der Waals surface area contributed by atoms with Crippen molar-refractivity contribution in [3.05, 3.63) is 70.8 Å². The van der Waals surface area contributed by atoms with Crippen LogP contribution in [0.2, 0.25) is 5.02 Å². The Morgan fingerprint density at radius 3 is 2.55 bits per heavy atom. The van der Waals surface area contributed by atoms with Crippen LogP contribution in [-0.2, 0) is 25.7 Å². The molecule has 4 aliphatic rings. The first-order chi connectivity index (χ1) is 19.3. The van der Waals surface area contributed by atoms with Gasteiger partial charge >= 0.3 is 0 Å². The van der Waals surface area contributed by atoms with Crippen LogP contribution in [0, 0.1) is 18.8 Å². The minimum atomic E-state index is -1.21. The maximum absolute atomic E-state index is 14.2. The number of likely N-dealkylation sites (tertiary alicyclic amines) is 1. The lowest BCUT2D eigenvalue weighted by molar-refractivity contribution is -0.142. The summed E-state index contributed by atoms with van der Waals surface area (Å²) in [6, 6.07) is 11.9. The zero-order valence-electron chi connectivity index (χ0n) is 22.7. The molecule has 6 rings (SSSR count). The number of benzene rings is 2. The molecule has 0 unspecified atom stereocenters. The molecule has 0 radical (unpaired) electrons. The number of nitrogens with zero attached hydrogens (tertiary/aromatic N) is 1. The molecule has 1 spiro atoms. The van der Waals surface area contributed by atoms with Crippen LogP contribution in [0.3, 0.4) is 0 Å². The number of rotatable bonds is 7. The summed E-state index contributed by atoms with van der Waals surface area (Å²) in [6.07, 6.45) is 8.22. The summed E-state index contributed by atoms with van der Waals surface area (Å²) in [6.45, 7) is 2.10. The molecule has 2 bridgehead atoms. The summed E-state index contributed by atoms with van der Waals surface area (Å²) in [5.74, 6) is -1.70. The van der Waals surface area contributed by atoms with Crippen molar-refractivity contribution in [3.63, 3.8) is 0 Å². The third-order valence-corrected chi connectivity index (χ3v) is 9.24. The molecule has 3 fully saturated rings. The van der Waals surface area contributed by atoms with Crippen LogP contribution in [-0.4, -0.2) is 53.5 Å². The minimum Gasteiger partial charge on any atom is -0.497 e. The van der Waals surface area contributed by atoms with E-state index in [1.807, 2.05) is 49.4 Å². The van der Waals surface area contributed by atoms with Crippen LogP contribution in [0.25, 0.3) is 0 Å². The summed E-state index contributed by atoms with van der Waals surface area (Å²) in [4.78, 5) is 43.4. The van der Waals surface area contributed by atoms with Crippen molar-refractivity contribution in [2.45, 2.75) is 69.4 Å². The number of ether oxygens (including phenoxy) is 2. The van der Waals surface area contributed by atoms with Crippen molar-refractivity contribution >= 4 is 35.0 Å². The van der Waals surface area contributed by atoms with Gasteiger partial charge in [0.2, 0.25) is 17.7 Å². The maximum atomic E-state index is 14.2. The van der Waals surface area contributed by atoms with Gasteiger partial charge in [0, 0.05) is 23.3 Å². The number of carbonyl (C=O) groups excluding carboxylic acids is 3. The molecule has 1 aliphatic carbocycles. The largest absolute Gasteiger partial charge is 0.497 e. The van der Waals surface area contributed by atoms with Crippen molar-refractivity contribution < 1.29 is 23.9 Å². The number of aryl methyl sites for hydroxylation is 1. The summed E-state index contributed by atoms with van der Waals surface area (Å²) in [5.41, 5.74) is 1.10. The third-order valence-electron chi connectivity index (χ3n) is 8.83. The minimum absolute atomic E-state index is 0.0719. The SMILES string of the molecule is COc1ccc(CN2C(=O)[C@H]3[C@@H](C(=O)Nc4ccc(C)c(Cl)c4)[C@H]4C=C[C@@]3(O4)[C@@H]2C(=O)NC2CCCCC2)cc1. The number of amides is 3. The molecule has 2 saturated heterocycles. The van der Waals surface area contributed by atoms with Gasteiger partial charge in [0.15, 0.2) is 0 Å². The van der Waals surface area contributed by atoms with Crippen molar-refractivity contribution in [2.24, 2.45) is 11.8 Å². The summed E-state index contributed by atoms with van der Waals surface area (Å²) >= 11 is 6.28. The first-order valence-corrected chi connectivity index (χ1v) is 14.4. The van der Waals surface area contributed by atoms with E-state index in [1.165, 1.54) is 6.42 Å². The van der Waals surface area contributed by atoms with E-state index >= 15 is 0 Å². The first kappa shape index (κ1) is 26.8. The van der Waals surface area contributed by atoms with Gasteiger partial charge in [0.1, 0.15) is 17.4 Å². The molecule has 0 aromatic heterocycles. The predicted molar refractivity (Wildman–Crippen MR) is 151 cm³/mol. The molecule has 210 valence electrons. The summed E-state index contributed by atoms with van der Waals surface area (Å²) < 4.78 is 11.7. The maximum Gasteiger partial charge on any atom is 0.246 e. The zero-order chi connectivity index (χ0) is 28.0. The number of carbonyl (C=O) groups is 3. The van der Waals surface area contributed by atoms with Crippen molar-refractivity contribution in [1.29, 1.82) is 0 Å². The fourth-order valence-corrected chi connectivity index (χ4v) is 6.97. The van der Waals surface area contributed by atoms with Crippen molar-refractivity contribution in [1.82, 2.24) is 10.2 Å². The number of hydrogen-bond donors (Lipinski definition) is 2. The number of anilines is 1. The van der Waals surface area contributed by atoms with E-state index in [4.69, 9.17) is 21.1 Å². The molecule has 1 saturated carbocycles. The Balaban J connectivity index is 1.31. The highest BCUT2D eigenvalue weighted by Gasteiger charge is 2.72. The van der Waals surface area contributed by atoms with Crippen LogP contribution in [0.4, 0.5) is 5.69 Å². The number of nitrogens with one attached hydrogen (secondary N) is 2. The predicted octanol–water partition coefficient (Wildman–Crippen LogP) is 4.40. The fourth-order valence-electron chi connectivity index (χ4n) is 6.79. The van der Waals surface area contributed by atoms with Crippen LogP contribution in [0.5, 0.6) is 5.75 Å². The van der Waals surface area contributed by atoms with Crippen LogP contribution in [0.15, 0.2) is 54.6 Å². The average Bonchev–Trinajstić information content (AvgIpc) is 3.59. The van der Waals surface area contributed by atoms with E-state index in [1.54, 1.807) is 24.1 Å². The average molecular weight is 564 g/mol. The highest BCUT2D eigenvalue weighted by Crippen LogP contribution is 2.55. The van der Waals surface area contributed by atoms with E-state index in [0.717, 1.165) is 36.8 Å². The zero-order valence-corrected chi connectivity index (χ0v) is 23.4. The van der Waals surface area contributed by atoms with Gasteiger partial charge in [0.05, 0.1) is 25.0 Å². The van der Waals surface area contributed by atoms with E-state index in [0.29, 0.717) is 16.5 Å². The van der Waals surface area contributed by atoms with Crippen LogP contribution < -0.4 is 15.4 Å². The van der Waals surface area contributed by atoms with Gasteiger partial charge in [-0.1, -0.05) is 61.2 Å². The van der Waals surface area contributed by atoms with Gasteiger partial charge in [-0.05, 0) is 55.2 Å². The van der Waals surface area contributed by atoms with Crippen LogP contribution in [0.1, 0.15) is 43.2 Å². The lowest BCUT2D eigenvalue weighted by Crippen LogP contribution is -2.56. The standard InChI is InChI=1S/C31H34ClN3O5/c1-18-8-11-21(16-23(18)32)34-28(36)25-24-14-15-31(40-24)26(25)30(38)35(17-19-9-12-22(39-2)13-10-19)27(31)29(37)33-20-6-4-3-5-7-20/h8-16,20,24-27H,3-7,17H2,1-2H3,(H,33,37)(H,34,36)/t24-,25+,26-,27+,31+/m1/s1. The third kappa shape index (κ3) is 4.57. The van der Waals surface area contributed by atoms with Gasteiger partial charge in [-0.15, -0.1) is 0 Å². The van der Waals surface area contributed by atoms with Crippen LogP contribution >= 0.6 is 11.6 Å². The number of fused-ring (bicyclic) bond motifs is 1. The number of hydrogen-bond acceptors (Lipinski definition) is 5. The molecular formula is C31H34ClN3O5. The van der Waals surface area contributed by atoms with E-state index in [-0.39, 0.29) is 30.3 Å². The molecule has 2 N–H and O–H groups in total. The summed E-state index contributed by atoms with van der Waals surface area (Å²) in [7, 11) is 1.60. The normalized spacial score (nSPS) is 29.0. The molecule has 40 heavy (non-hydrogen) atoms. The van der Waals surface area contributed by atoms with Gasteiger partial charge in [-0.3, -0.25) is 14.4 Å². The molecule has 8 nitrogen and oxygen atoms in total.